The minimum Gasteiger partial charge on any atom is -0.342 e. The molecule has 2 nitrogen and oxygen atoms in total. The zero-order valence-electron chi connectivity index (χ0n) is 9.47. The standard InChI is InChI=1S/C12H20ClNO/c1-12(6-2-3-7-12)11(15)14-8-4-10(13)5-9-14/h10H,2-9H2,1H3. The number of carbonyl (C=O) groups is 1. The van der Waals surface area contributed by atoms with Crippen LogP contribution in [0.15, 0.2) is 0 Å². The largest absolute Gasteiger partial charge is 0.342 e. The van der Waals surface area contributed by atoms with E-state index in [1.54, 1.807) is 0 Å². The van der Waals surface area contributed by atoms with Crippen LogP contribution >= 0.6 is 11.6 Å². The predicted molar refractivity (Wildman–Crippen MR) is 62.0 cm³/mol. The zero-order chi connectivity index (χ0) is 10.9. The van der Waals surface area contributed by atoms with Gasteiger partial charge in [0.1, 0.15) is 0 Å². The molecule has 2 rings (SSSR count). The molecule has 0 bridgehead atoms. The summed E-state index contributed by atoms with van der Waals surface area (Å²) in [5.74, 6) is 0.378. The van der Waals surface area contributed by atoms with Crippen LogP contribution in [-0.4, -0.2) is 29.3 Å². The number of halogens is 1. The Morgan fingerprint density at radius 3 is 2.33 bits per heavy atom. The highest BCUT2D eigenvalue weighted by Crippen LogP contribution is 2.39. The van der Waals surface area contributed by atoms with E-state index in [4.69, 9.17) is 11.6 Å². The maximum absolute atomic E-state index is 12.3. The molecule has 15 heavy (non-hydrogen) atoms. The van der Waals surface area contributed by atoms with Crippen molar-refractivity contribution in [3.8, 4) is 0 Å². The summed E-state index contributed by atoms with van der Waals surface area (Å²) in [6.07, 6.45) is 6.51. The Morgan fingerprint density at radius 2 is 1.80 bits per heavy atom. The van der Waals surface area contributed by atoms with Crippen LogP contribution in [0.3, 0.4) is 0 Å². The molecule has 1 saturated carbocycles. The molecule has 0 aromatic carbocycles. The molecule has 0 aromatic heterocycles. The summed E-state index contributed by atoms with van der Waals surface area (Å²) in [4.78, 5) is 14.3. The van der Waals surface area contributed by atoms with Crippen molar-refractivity contribution in [3.05, 3.63) is 0 Å². The average Bonchev–Trinajstić information content (AvgIpc) is 2.67. The average molecular weight is 230 g/mol. The second kappa shape index (κ2) is 4.32. The Bertz CT molecular complexity index is 240. The van der Waals surface area contributed by atoms with E-state index in [1.807, 2.05) is 4.90 Å². The van der Waals surface area contributed by atoms with Gasteiger partial charge in [-0.05, 0) is 25.7 Å². The van der Waals surface area contributed by atoms with E-state index < -0.39 is 0 Å². The fourth-order valence-electron chi connectivity index (χ4n) is 2.80. The van der Waals surface area contributed by atoms with Crippen LogP contribution in [0.4, 0.5) is 0 Å². The smallest absolute Gasteiger partial charge is 0.228 e. The van der Waals surface area contributed by atoms with E-state index in [0.717, 1.165) is 38.8 Å². The van der Waals surface area contributed by atoms with Crippen molar-refractivity contribution in [2.75, 3.05) is 13.1 Å². The summed E-state index contributed by atoms with van der Waals surface area (Å²) in [5.41, 5.74) is -0.0564. The first-order valence-corrected chi connectivity index (χ1v) is 6.49. The van der Waals surface area contributed by atoms with E-state index in [2.05, 4.69) is 6.92 Å². The van der Waals surface area contributed by atoms with Gasteiger partial charge in [-0.1, -0.05) is 19.8 Å². The number of piperidine rings is 1. The van der Waals surface area contributed by atoms with E-state index in [1.165, 1.54) is 12.8 Å². The van der Waals surface area contributed by atoms with Crippen LogP contribution in [0.2, 0.25) is 0 Å². The summed E-state index contributed by atoms with van der Waals surface area (Å²) in [6, 6.07) is 0. The molecule has 0 N–H and O–H groups in total. The third-order valence-electron chi connectivity index (χ3n) is 3.94. The first kappa shape index (κ1) is 11.3. The third kappa shape index (κ3) is 2.30. The van der Waals surface area contributed by atoms with Crippen molar-refractivity contribution in [1.82, 2.24) is 4.90 Å². The highest BCUT2D eigenvalue weighted by atomic mass is 35.5. The third-order valence-corrected chi connectivity index (χ3v) is 4.37. The van der Waals surface area contributed by atoms with Gasteiger partial charge in [0.05, 0.1) is 0 Å². The Labute approximate surface area is 97.0 Å². The van der Waals surface area contributed by atoms with Gasteiger partial charge in [0, 0.05) is 23.9 Å². The highest BCUT2D eigenvalue weighted by Gasteiger charge is 2.39. The molecule has 1 heterocycles. The summed E-state index contributed by atoms with van der Waals surface area (Å²) in [6.45, 7) is 3.86. The fourth-order valence-corrected chi connectivity index (χ4v) is 3.00. The molecule has 1 amide bonds. The fraction of sp³-hybridized carbons (Fsp3) is 0.917. The van der Waals surface area contributed by atoms with E-state index in [-0.39, 0.29) is 10.8 Å². The number of amides is 1. The first-order valence-electron chi connectivity index (χ1n) is 6.05. The summed E-state index contributed by atoms with van der Waals surface area (Å²) in [7, 11) is 0. The predicted octanol–water partition coefficient (Wildman–Crippen LogP) is 2.80. The van der Waals surface area contributed by atoms with Crippen LogP contribution in [0.1, 0.15) is 45.4 Å². The summed E-state index contributed by atoms with van der Waals surface area (Å²) in [5, 5.41) is 0.283. The topological polar surface area (TPSA) is 20.3 Å². The van der Waals surface area contributed by atoms with Gasteiger partial charge >= 0.3 is 0 Å². The molecule has 0 unspecified atom stereocenters. The van der Waals surface area contributed by atoms with Crippen molar-refractivity contribution >= 4 is 17.5 Å². The van der Waals surface area contributed by atoms with Gasteiger partial charge in [0.25, 0.3) is 0 Å². The van der Waals surface area contributed by atoms with Crippen molar-refractivity contribution in [2.45, 2.75) is 50.8 Å². The number of nitrogens with zero attached hydrogens (tertiary/aromatic N) is 1. The molecule has 0 aromatic rings. The van der Waals surface area contributed by atoms with Crippen LogP contribution in [0.5, 0.6) is 0 Å². The summed E-state index contributed by atoms with van der Waals surface area (Å²) < 4.78 is 0. The lowest BCUT2D eigenvalue weighted by atomic mass is 9.86. The number of alkyl halides is 1. The molecule has 1 aliphatic carbocycles. The maximum atomic E-state index is 12.3. The molecule has 86 valence electrons. The van der Waals surface area contributed by atoms with Crippen LogP contribution < -0.4 is 0 Å². The maximum Gasteiger partial charge on any atom is 0.228 e. The highest BCUT2D eigenvalue weighted by molar-refractivity contribution is 6.20. The number of carbonyl (C=O) groups excluding carboxylic acids is 1. The van der Waals surface area contributed by atoms with Gasteiger partial charge in [-0.2, -0.15) is 0 Å². The molecule has 1 saturated heterocycles. The Kier molecular flexibility index (Phi) is 3.24. The van der Waals surface area contributed by atoms with Crippen molar-refractivity contribution in [1.29, 1.82) is 0 Å². The molecular weight excluding hydrogens is 210 g/mol. The van der Waals surface area contributed by atoms with Crippen LogP contribution in [-0.2, 0) is 4.79 Å². The second-order valence-electron chi connectivity index (χ2n) is 5.23. The number of rotatable bonds is 1. The Hall–Kier alpha value is -0.240. The molecule has 3 heteroatoms. The minimum atomic E-state index is -0.0564. The quantitative estimate of drug-likeness (QED) is 0.634. The van der Waals surface area contributed by atoms with Gasteiger partial charge < -0.3 is 4.90 Å². The van der Waals surface area contributed by atoms with Gasteiger partial charge in [-0.15, -0.1) is 11.6 Å². The molecule has 0 radical (unpaired) electrons. The van der Waals surface area contributed by atoms with Gasteiger partial charge in [0.15, 0.2) is 0 Å². The first-order chi connectivity index (χ1) is 7.12. The molecule has 0 spiro atoms. The van der Waals surface area contributed by atoms with Crippen molar-refractivity contribution < 1.29 is 4.79 Å². The van der Waals surface area contributed by atoms with Crippen molar-refractivity contribution in [3.63, 3.8) is 0 Å². The molecular formula is C12H20ClNO. The summed E-state index contributed by atoms with van der Waals surface area (Å²) >= 11 is 6.04. The van der Waals surface area contributed by atoms with E-state index in [0.29, 0.717) is 5.91 Å². The zero-order valence-corrected chi connectivity index (χ0v) is 10.2. The van der Waals surface area contributed by atoms with Gasteiger partial charge in [-0.3, -0.25) is 4.79 Å². The van der Waals surface area contributed by atoms with Crippen molar-refractivity contribution in [2.24, 2.45) is 5.41 Å². The van der Waals surface area contributed by atoms with Gasteiger partial charge in [0.2, 0.25) is 5.91 Å². The number of likely N-dealkylation sites (tertiary alicyclic amines) is 1. The molecule has 2 aliphatic rings. The van der Waals surface area contributed by atoms with E-state index >= 15 is 0 Å². The Balaban J connectivity index is 1.95. The molecule has 2 fully saturated rings. The lowest BCUT2D eigenvalue weighted by molar-refractivity contribution is -0.141. The normalized spacial score (nSPS) is 26.9. The van der Waals surface area contributed by atoms with Crippen LogP contribution in [0, 0.1) is 5.41 Å². The monoisotopic (exact) mass is 229 g/mol. The minimum absolute atomic E-state index is 0.0564. The lowest BCUT2D eigenvalue weighted by Gasteiger charge is -2.35. The molecule has 0 atom stereocenters. The second-order valence-corrected chi connectivity index (χ2v) is 5.85. The van der Waals surface area contributed by atoms with Crippen LogP contribution in [0.25, 0.3) is 0 Å². The molecule has 1 aliphatic heterocycles. The number of hydrogen-bond donors (Lipinski definition) is 0. The SMILES string of the molecule is CC1(C(=O)N2CCC(Cl)CC2)CCCC1. The lowest BCUT2D eigenvalue weighted by Crippen LogP contribution is -2.45. The van der Waals surface area contributed by atoms with E-state index in [9.17, 15) is 4.79 Å². The Morgan fingerprint density at radius 1 is 1.27 bits per heavy atom. The number of hydrogen-bond acceptors (Lipinski definition) is 1. The van der Waals surface area contributed by atoms with Gasteiger partial charge in [-0.25, -0.2) is 0 Å².